The first kappa shape index (κ1) is 32.8. The van der Waals surface area contributed by atoms with E-state index in [1.807, 2.05) is 0 Å². The van der Waals surface area contributed by atoms with Crippen LogP contribution in [0.2, 0.25) is 0 Å². The lowest BCUT2D eigenvalue weighted by atomic mass is 10.1. The number of nitrogens with one attached hydrogen (secondary N) is 1. The second-order valence-electron chi connectivity index (χ2n) is 10.5. The normalized spacial score (nSPS) is 16.2. The van der Waals surface area contributed by atoms with Crippen LogP contribution in [0.1, 0.15) is 49.3 Å². The molecule has 2 aliphatic heterocycles. The number of hydrogen-bond acceptors (Lipinski definition) is 8. The SMILES string of the molecule is CC(=O)OCCS(=O)(=O)N(C/C=C/c1cccc(C(=N)N)c1)c1ccc(OC2CCN(C3=NCCC3)CC2)c(C(F)(F)F)c1. The van der Waals surface area contributed by atoms with Crippen molar-refractivity contribution in [2.75, 3.05) is 42.8 Å². The Kier molecular flexibility index (Phi) is 10.6. The standard InChI is InChI=1S/C30H36F3N5O5S/c1-21(39)42-17-18-44(40,41)38(14-4-6-22-5-2-7-23(19-22)29(34)35)24-9-10-27(26(20-24)30(31,32)33)43-25-11-15-37(16-12-25)28-8-3-13-36-28/h2,4-7,9-10,19-20,25H,3,8,11-18H2,1H3,(H3,34,35)/b6-4+. The maximum Gasteiger partial charge on any atom is 0.420 e. The molecule has 0 aromatic heterocycles. The van der Waals surface area contributed by atoms with Gasteiger partial charge in [0.15, 0.2) is 0 Å². The smallest absolute Gasteiger partial charge is 0.420 e. The number of nitrogen functional groups attached to an aromatic ring is 1. The highest BCUT2D eigenvalue weighted by Gasteiger charge is 2.37. The highest BCUT2D eigenvalue weighted by Crippen LogP contribution is 2.40. The second kappa shape index (κ2) is 14.1. The highest BCUT2D eigenvalue weighted by atomic mass is 32.2. The Morgan fingerprint density at radius 1 is 1.20 bits per heavy atom. The number of aliphatic imine (C=N–C) groups is 1. The summed E-state index contributed by atoms with van der Waals surface area (Å²) in [5.41, 5.74) is 5.30. The molecule has 0 aliphatic carbocycles. The minimum absolute atomic E-state index is 0.148. The third-order valence-corrected chi connectivity index (χ3v) is 8.99. The quantitative estimate of drug-likeness (QED) is 0.212. The number of anilines is 1. The van der Waals surface area contributed by atoms with Crippen molar-refractivity contribution in [1.82, 2.24) is 4.90 Å². The molecule has 0 bridgehead atoms. The molecule has 1 saturated heterocycles. The van der Waals surface area contributed by atoms with Gasteiger partial charge in [-0.25, -0.2) is 8.42 Å². The monoisotopic (exact) mass is 635 g/mol. The zero-order valence-corrected chi connectivity index (χ0v) is 25.2. The lowest BCUT2D eigenvalue weighted by molar-refractivity contribution is -0.140. The fourth-order valence-corrected chi connectivity index (χ4v) is 6.33. The van der Waals surface area contributed by atoms with Crippen molar-refractivity contribution in [1.29, 1.82) is 5.41 Å². The van der Waals surface area contributed by atoms with Crippen LogP contribution in [0, 0.1) is 5.41 Å². The predicted octanol–water partition coefficient (Wildman–Crippen LogP) is 4.44. The summed E-state index contributed by atoms with van der Waals surface area (Å²) in [7, 11) is -4.24. The largest absolute Gasteiger partial charge is 0.490 e. The average Bonchev–Trinajstić information content (AvgIpc) is 3.50. The number of ether oxygens (including phenoxy) is 2. The number of rotatable bonds is 11. The number of nitrogens with zero attached hydrogens (tertiary/aromatic N) is 3. The first-order valence-corrected chi connectivity index (χ1v) is 15.9. The lowest BCUT2D eigenvalue weighted by Crippen LogP contribution is -2.41. The summed E-state index contributed by atoms with van der Waals surface area (Å²) in [6.45, 7) is 2.43. The molecule has 238 valence electrons. The molecule has 2 aromatic carbocycles. The number of piperidine rings is 1. The summed E-state index contributed by atoms with van der Waals surface area (Å²) in [6.07, 6.45) is 0.778. The molecule has 14 heteroatoms. The van der Waals surface area contributed by atoms with Gasteiger partial charge in [0.05, 0.1) is 23.6 Å². The Hall–Kier alpha value is -4.07. The van der Waals surface area contributed by atoms with Crippen LogP contribution in [0.25, 0.3) is 6.08 Å². The summed E-state index contributed by atoms with van der Waals surface area (Å²) in [6, 6.07) is 9.85. The summed E-state index contributed by atoms with van der Waals surface area (Å²) < 4.78 is 81.1. The van der Waals surface area contributed by atoms with Crippen LogP contribution >= 0.6 is 0 Å². The van der Waals surface area contributed by atoms with Crippen molar-refractivity contribution in [3.63, 3.8) is 0 Å². The predicted molar refractivity (Wildman–Crippen MR) is 162 cm³/mol. The van der Waals surface area contributed by atoms with Crippen LogP contribution in [0.4, 0.5) is 18.9 Å². The van der Waals surface area contributed by atoms with Gasteiger partial charge < -0.3 is 20.1 Å². The van der Waals surface area contributed by atoms with Crippen molar-refractivity contribution >= 4 is 39.4 Å². The minimum atomic E-state index is -4.82. The van der Waals surface area contributed by atoms with Gasteiger partial charge in [0, 0.05) is 51.4 Å². The van der Waals surface area contributed by atoms with E-state index in [0.29, 0.717) is 37.1 Å². The Morgan fingerprint density at radius 3 is 2.59 bits per heavy atom. The molecule has 3 N–H and O–H groups in total. The van der Waals surface area contributed by atoms with Crippen molar-refractivity contribution in [3.05, 3.63) is 65.2 Å². The van der Waals surface area contributed by atoms with Crippen molar-refractivity contribution in [2.24, 2.45) is 10.7 Å². The fraction of sp³-hybridized carbons (Fsp3) is 0.433. The van der Waals surface area contributed by atoms with Gasteiger partial charge in [-0.1, -0.05) is 30.4 Å². The molecule has 2 heterocycles. The molecular formula is C30H36F3N5O5S. The molecule has 0 amide bonds. The Morgan fingerprint density at radius 2 is 1.95 bits per heavy atom. The van der Waals surface area contributed by atoms with Crippen LogP contribution in [0.3, 0.4) is 0 Å². The van der Waals surface area contributed by atoms with Crippen LogP contribution in [-0.4, -0.2) is 75.6 Å². The number of alkyl halides is 3. The summed E-state index contributed by atoms with van der Waals surface area (Å²) in [5, 5.41) is 7.60. The molecule has 0 unspecified atom stereocenters. The van der Waals surface area contributed by atoms with Gasteiger partial charge in [-0.3, -0.25) is 19.5 Å². The number of amidine groups is 2. The van der Waals surface area contributed by atoms with E-state index in [-0.39, 0.29) is 23.8 Å². The number of carbonyl (C=O) groups is 1. The van der Waals surface area contributed by atoms with Crippen molar-refractivity contribution in [3.8, 4) is 5.75 Å². The number of likely N-dealkylation sites (tertiary alicyclic amines) is 1. The molecule has 0 saturated carbocycles. The number of nitrogens with two attached hydrogens (primary N) is 1. The molecule has 0 radical (unpaired) electrons. The van der Waals surface area contributed by atoms with Crippen LogP contribution in [0.5, 0.6) is 5.75 Å². The van der Waals surface area contributed by atoms with Crippen LogP contribution < -0.4 is 14.8 Å². The van der Waals surface area contributed by atoms with Crippen molar-refractivity contribution < 1.29 is 35.9 Å². The Bertz CT molecular complexity index is 1520. The first-order chi connectivity index (χ1) is 20.8. The molecule has 2 aromatic rings. The van der Waals surface area contributed by atoms with E-state index >= 15 is 0 Å². The topological polar surface area (TPSA) is 138 Å². The summed E-state index contributed by atoms with van der Waals surface area (Å²) in [4.78, 5) is 17.9. The van der Waals surface area contributed by atoms with Gasteiger partial charge in [-0.15, -0.1) is 0 Å². The minimum Gasteiger partial charge on any atom is -0.490 e. The van der Waals surface area contributed by atoms with E-state index in [0.717, 1.165) is 48.6 Å². The number of halogens is 3. The zero-order valence-electron chi connectivity index (χ0n) is 24.3. The van der Waals surface area contributed by atoms with E-state index in [1.165, 1.54) is 12.1 Å². The molecule has 0 spiro atoms. The third-order valence-electron chi connectivity index (χ3n) is 7.27. The Labute approximate surface area is 254 Å². The van der Waals surface area contributed by atoms with E-state index in [4.69, 9.17) is 20.6 Å². The number of carbonyl (C=O) groups excluding carboxylic acids is 1. The molecule has 1 fully saturated rings. The number of esters is 1. The fourth-order valence-electron chi connectivity index (χ4n) is 5.07. The van der Waals surface area contributed by atoms with Gasteiger partial charge in [0.1, 0.15) is 30.0 Å². The van der Waals surface area contributed by atoms with Gasteiger partial charge in [-0.05, 0) is 36.2 Å². The van der Waals surface area contributed by atoms with Gasteiger partial charge >= 0.3 is 12.1 Å². The molecule has 44 heavy (non-hydrogen) atoms. The van der Waals surface area contributed by atoms with Crippen molar-refractivity contribution in [2.45, 2.75) is 44.9 Å². The average molecular weight is 636 g/mol. The van der Waals surface area contributed by atoms with E-state index in [9.17, 15) is 26.4 Å². The van der Waals surface area contributed by atoms with E-state index < -0.39 is 46.2 Å². The maximum absolute atomic E-state index is 14.3. The van der Waals surface area contributed by atoms with E-state index in [2.05, 4.69) is 9.89 Å². The second-order valence-corrected chi connectivity index (χ2v) is 12.5. The van der Waals surface area contributed by atoms with Crippen LogP contribution in [-0.2, 0) is 25.7 Å². The molecular weight excluding hydrogens is 599 g/mol. The van der Waals surface area contributed by atoms with Crippen LogP contribution in [0.15, 0.2) is 53.5 Å². The van der Waals surface area contributed by atoms with E-state index in [1.54, 1.807) is 30.3 Å². The Balaban J connectivity index is 1.58. The number of sulfonamides is 1. The molecule has 10 nitrogen and oxygen atoms in total. The van der Waals surface area contributed by atoms with Gasteiger partial charge in [0.25, 0.3) is 0 Å². The highest BCUT2D eigenvalue weighted by molar-refractivity contribution is 7.92. The first-order valence-electron chi connectivity index (χ1n) is 14.2. The molecule has 0 atom stereocenters. The molecule has 4 rings (SSSR count). The van der Waals surface area contributed by atoms with Gasteiger partial charge in [0.2, 0.25) is 10.0 Å². The molecule has 2 aliphatic rings. The third kappa shape index (κ3) is 8.74. The summed E-state index contributed by atoms with van der Waals surface area (Å²) >= 11 is 0. The van der Waals surface area contributed by atoms with Gasteiger partial charge in [-0.2, -0.15) is 13.2 Å². The number of benzene rings is 2. The summed E-state index contributed by atoms with van der Waals surface area (Å²) in [5.74, 6) is -0.791. The maximum atomic E-state index is 14.3. The number of hydrogen-bond donors (Lipinski definition) is 2. The zero-order chi connectivity index (χ0) is 31.9. The lowest BCUT2D eigenvalue weighted by Gasteiger charge is -2.34.